The molecule has 0 atom stereocenters. The minimum atomic E-state index is -4.54. The van der Waals surface area contributed by atoms with Crippen LogP contribution in [-0.2, 0) is 16.7 Å². The first-order valence-electron chi connectivity index (χ1n) is 11.3. The molecule has 37 heavy (non-hydrogen) atoms. The van der Waals surface area contributed by atoms with Crippen LogP contribution < -0.4 is 34.5 Å². The molecule has 0 spiro atoms. The molecule has 0 bridgehead atoms. The van der Waals surface area contributed by atoms with E-state index in [0.717, 1.165) is 11.4 Å². The van der Waals surface area contributed by atoms with Gasteiger partial charge < -0.3 is 9.45 Å². The second kappa shape index (κ2) is 13.4. The van der Waals surface area contributed by atoms with Crippen LogP contribution in [0, 0.1) is 0 Å². The van der Waals surface area contributed by atoms with Crippen LogP contribution in [0.1, 0.15) is 12.5 Å². The molecule has 0 N–H and O–H groups in total. The van der Waals surface area contributed by atoms with Gasteiger partial charge in [-0.3, -0.25) is 0 Å². The standard InChI is InChI=1S/C27H25N5O3S.Na/c1-2-32(20-21-8-6-7-11-27(21)36(33,34)35)26-18-16-25(17-19-26)31-30-24-14-12-23(13-15-24)29-28-22-9-4-3-5-10-22;/h3-19H,2,20H2,1H3,(H,33,34,35);/q;+1/p-1. The van der Waals surface area contributed by atoms with E-state index in [9.17, 15) is 13.0 Å². The van der Waals surface area contributed by atoms with Gasteiger partial charge in [-0.15, -0.1) is 0 Å². The van der Waals surface area contributed by atoms with E-state index >= 15 is 0 Å². The number of azo groups is 2. The summed E-state index contributed by atoms with van der Waals surface area (Å²) < 4.78 is 34.8. The molecule has 0 aliphatic rings. The van der Waals surface area contributed by atoms with Crippen molar-refractivity contribution in [1.29, 1.82) is 0 Å². The van der Waals surface area contributed by atoms with Gasteiger partial charge in [0.1, 0.15) is 10.1 Å². The molecule has 4 rings (SSSR count). The van der Waals surface area contributed by atoms with Crippen LogP contribution in [0.5, 0.6) is 0 Å². The van der Waals surface area contributed by atoms with Gasteiger partial charge in [0.05, 0.1) is 27.6 Å². The molecule has 0 unspecified atom stereocenters. The predicted octanol–water partition coefficient (Wildman–Crippen LogP) is 4.45. The number of nitrogens with zero attached hydrogens (tertiary/aromatic N) is 5. The molecule has 8 nitrogen and oxygen atoms in total. The summed E-state index contributed by atoms with van der Waals surface area (Å²) in [4.78, 5) is 1.79. The first-order chi connectivity index (χ1) is 17.4. The Morgan fingerprint density at radius 3 is 1.57 bits per heavy atom. The Hall–Kier alpha value is -3.21. The Morgan fingerprint density at radius 2 is 1.08 bits per heavy atom. The molecule has 0 aliphatic heterocycles. The fourth-order valence-electron chi connectivity index (χ4n) is 3.51. The quantitative estimate of drug-likeness (QED) is 0.184. The van der Waals surface area contributed by atoms with Crippen molar-refractivity contribution >= 4 is 38.6 Å². The van der Waals surface area contributed by atoms with Gasteiger partial charge in [0.25, 0.3) is 0 Å². The molecule has 10 heteroatoms. The van der Waals surface area contributed by atoms with Crippen molar-refractivity contribution in [1.82, 2.24) is 0 Å². The topological polar surface area (TPSA) is 110 Å². The fraction of sp³-hybridized carbons (Fsp3) is 0.111. The van der Waals surface area contributed by atoms with Crippen molar-refractivity contribution in [2.24, 2.45) is 20.5 Å². The Morgan fingerprint density at radius 1 is 0.649 bits per heavy atom. The summed E-state index contributed by atoms with van der Waals surface area (Å²) >= 11 is 0. The van der Waals surface area contributed by atoms with Crippen molar-refractivity contribution in [3.05, 3.63) is 109 Å². The van der Waals surface area contributed by atoms with E-state index in [1.54, 1.807) is 18.2 Å². The monoisotopic (exact) mass is 521 g/mol. The van der Waals surface area contributed by atoms with Crippen LogP contribution in [0.3, 0.4) is 0 Å². The maximum atomic E-state index is 11.6. The normalized spacial score (nSPS) is 11.5. The zero-order valence-corrected chi connectivity index (χ0v) is 23.4. The molecule has 182 valence electrons. The summed E-state index contributed by atoms with van der Waals surface area (Å²) in [6, 6.07) is 30.5. The van der Waals surface area contributed by atoms with Crippen molar-refractivity contribution in [3.63, 3.8) is 0 Å². The van der Waals surface area contributed by atoms with Gasteiger partial charge in [-0.25, -0.2) is 8.42 Å². The van der Waals surface area contributed by atoms with Crippen LogP contribution in [-0.4, -0.2) is 19.5 Å². The van der Waals surface area contributed by atoms with Crippen LogP contribution in [0.2, 0.25) is 0 Å². The molecule has 0 heterocycles. The van der Waals surface area contributed by atoms with Crippen molar-refractivity contribution in [2.45, 2.75) is 18.4 Å². The van der Waals surface area contributed by atoms with E-state index in [2.05, 4.69) is 20.5 Å². The number of benzene rings is 4. The third-order valence-corrected chi connectivity index (χ3v) is 6.30. The van der Waals surface area contributed by atoms with E-state index in [1.807, 2.05) is 90.7 Å². The summed E-state index contributed by atoms with van der Waals surface area (Å²) in [5.41, 5.74) is 4.19. The van der Waals surface area contributed by atoms with Gasteiger partial charge in [-0.2, -0.15) is 20.5 Å². The summed E-state index contributed by atoms with van der Waals surface area (Å²) in [5, 5.41) is 17.0. The first-order valence-corrected chi connectivity index (χ1v) is 12.7. The van der Waals surface area contributed by atoms with Gasteiger partial charge in [-0.1, -0.05) is 36.4 Å². The van der Waals surface area contributed by atoms with Gasteiger partial charge in [0.2, 0.25) is 0 Å². The molecule has 0 fully saturated rings. The molecule has 4 aromatic rings. The van der Waals surface area contributed by atoms with Gasteiger partial charge in [0, 0.05) is 18.8 Å². The van der Waals surface area contributed by atoms with Crippen molar-refractivity contribution < 1.29 is 42.5 Å². The second-order valence-electron chi connectivity index (χ2n) is 7.84. The van der Waals surface area contributed by atoms with Gasteiger partial charge >= 0.3 is 29.6 Å². The molecule has 0 aromatic heterocycles. The molecule has 0 amide bonds. The maximum absolute atomic E-state index is 11.6. The molecule has 0 radical (unpaired) electrons. The summed E-state index contributed by atoms with van der Waals surface area (Å²) in [6.45, 7) is 2.88. The Balaban J connectivity index is 0.00000380. The van der Waals surface area contributed by atoms with Crippen molar-refractivity contribution in [2.75, 3.05) is 11.4 Å². The average Bonchev–Trinajstić information content (AvgIpc) is 2.90. The van der Waals surface area contributed by atoms with Crippen LogP contribution in [0.15, 0.2) is 128 Å². The zero-order valence-electron chi connectivity index (χ0n) is 20.6. The van der Waals surface area contributed by atoms with E-state index in [4.69, 9.17) is 0 Å². The minimum absolute atomic E-state index is 0. The maximum Gasteiger partial charge on any atom is 1.00 e. The third-order valence-electron chi connectivity index (χ3n) is 5.37. The van der Waals surface area contributed by atoms with E-state index in [1.165, 1.54) is 6.07 Å². The zero-order chi connectivity index (χ0) is 25.4. The summed E-state index contributed by atoms with van der Waals surface area (Å²) in [7, 11) is -4.54. The van der Waals surface area contributed by atoms with E-state index < -0.39 is 10.1 Å². The minimum Gasteiger partial charge on any atom is -0.744 e. The first kappa shape index (κ1) is 28.4. The van der Waals surface area contributed by atoms with Crippen molar-refractivity contribution in [3.8, 4) is 0 Å². The molecule has 0 saturated carbocycles. The summed E-state index contributed by atoms with van der Waals surface area (Å²) in [6.07, 6.45) is 0. The number of hydrogen-bond donors (Lipinski definition) is 0. The largest absolute Gasteiger partial charge is 1.00 e. The van der Waals surface area contributed by atoms with Crippen LogP contribution in [0.25, 0.3) is 0 Å². The molecular weight excluding hydrogens is 497 g/mol. The number of hydrogen-bond acceptors (Lipinski definition) is 8. The fourth-order valence-corrected chi connectivity index (χ4v) is 4.21. The summed E-state index contributed by atoms with van der Waals surface area (Å²) in [5.74, 6) is 0. The molecule has 0 saturated heterocycles. The Bertz CT molecular complexity index is 1460. The second-order valence-corrected chi connectivity index (χ2v) is 9.19. The molecule has 0 aliphatic carbocycles. The number of anilines is 1. The Kier molecular flexibility index (Phi) is 10.2. The van der Waals surface area contributed by atoms with Crippen LogP contribution in [0.4, 0.5) is 28.4 Å². The average molecular weight is 522 g/mol. The molecule has 4 aromatic carbocycles. The van der Waals surface area contributed by atoms with E-state index in [0.29, 0.717) is 35.7 Å². The smallest absolute Gasteiger partial charge is 0.744 e. The third kappa shape index (κ3) is 8.14. The Labute approximate surface area is 238 Å². The van der Waals surface area contributed by atoms with E-state index in [-0.39, 0.29) is 34.5 Å². The van der Waals surface area contributed by atoms with Gasteiger partial charge in [0.15, 0.2) is 0 Å². The molecular formula is C27H24N5NaO3S. The number of rotatable bonds is 9. The SMILES string of the molecule is CCN(Cc1ccccc1S(=O)(=O)[O-])c1ccc(N=Nc2ccc(N=Nc3ccccc3)cc2)cc1.[Na+]. The van der Waals surface area contributed by atoms with Crippen LogP contribution >= 0.6 is 0 Å². The predicted molar refractivity (Wildman–Crippen MR) is 139 cm³/mol. The van der Waals surface area contributed by atoms with Gasteiger partial charge in [-0.05, 0) is 79.2 Å².